The molecule has 0 heterocycles. The van der Waals surface area contributed by atoms with Crippen molar-refractivity contribution in [3.63, 3.8) is 0 Å². The Hall–Kier alpha value is -1.78. The van der Waals surface area contributed by atoms with Crippen LogP contribution in [0.5, 0.6) is 0 Å². The summed E-state index contributed by atoms with van der Waals surface area (Å²) in [4.78, 5) is 0. The molecule has 0 aliphatic heterocycles. The summed E-state index contributed by atoms with van der Waals surface area (Å²) in [6.45, 7) is 1.98. The fourth-order valence-electron chi connectivity index (χ4n) is 2.20. The molecule has 0 aromatic heterocycles. The minimum atomic E-state index is -0.574. The SMILES string of the molecule is Cc1ccccc1C(Cc1cc(F)cc(F)c1)NN. The van der Waals surface area contributed by atoms with Crippen LogP contribution in [0.3, 0.4) is 0 Å². The number of aryl methyl sites for hydroxylation is 1. The summed E-state index contributed by atoms with van der Waals surface area (Å²) in [5, 5.41) is 0. The molecule has 0 aliphatic carbocycles. The van der Waals surface area contributed by atoms with Gasteiger partial charge in [0.15, 0.2) is 0 Å². The van der Waals surface area contributed by atoms with Crippen LogP contribution in [0.1, 0.15) is 22.7 Å². The summed E-state index contributed by atoms with van der Waals surface area (Å²) in [6.07, 6.45) is 0.427. The topological polar surface area (TPSA) is 38.0 Å². The predicted molar refractivity (Wildman–Crippen MR) is 71.3 cm³/mol. The van der Waals surface area contributed by atoms with E-state index in [-0.39, 0.29) is 6.04 Å². The van der Waals surface area contributed by atoms with Gasteiger partial charge in [-0.1, -0.05) is 24.3 Å². The van der Waals surface area contributed by atoms with Crippen molar-refractivity contribution in [1.29, 1.82) is 0 Å². The number of hydrogen-bond donors (Lipinski definition) is 2. The second-order valence-electron chi connectivity index (χ2n) is 4.56. The maximum Gasteiger partial charge on any atom is 0.126 e. The molecule has 0 aliphatic rings. The minimum absolute atomic E-state index is 0.178. The Balaban J connectivity index is 2.26. The number of nitrogens with two attached hydrogens (primary N) is 1. The predicted octanol–water partition coefficient (Wildman–Crippen LogP) is 3.02. The molecule has 100 valence electrons. The number of nitrogens with one attached hydrogen (secondary N) is 1. The lowest BCUT2D eigenvalue weighted by atomic mass is 9.96. The highest BCUT2D eigenvalue weighted by Gasteiger charge is 2.13. The lowest BCUT2D eigenvalue weighted by molar-refractivity contribution is 0.538. The van der Waals surface area contributed by atoms with Crippen molar-refractivity contribution in [2.75, 3.05) is 0 Å². The van der Waals surface area contributed by atoms with Crippen LogP contribution in [0.25, 0.3) is 0 Å². The van der Waals surface area contributed by atoms with Crippen molar-refractivity contribution in [3.8, 4) is 0 Å². The van der Waals surface area contributed by atoms with Gasteiger partial charge >= 0.3 is 0 Å². The number of benzene rings is 2. The first-order valence-corrected chi connectivity index (χ1v) is 6.07. The first kappa shape index (κ1) is 13.6. The second-order valence-corrected chi connectivity index (χ2v) is 4.56. The van der Waals surface area contributed by atoms with E-state index in [1.807, 2.05) is 31.2 Å². The molecular weight excluding hydrogens is 246 g/mol. The van der Waals surface area contributed by atoms with Crippen molar-refractivity contribution in [3.05, 3.63) is 70.8 Å². The molecule has 2 rings (SSSR count). The van der Waals surface area contributed by atoms with Gasteiger partial charge in [0, 0.05) is 6.07 Å². The van der Waals surface area contributed by atoms with Crippen LogP contribution in [-0.2, 0) is 6.42 Å². The van der Waals surface area contributed by atoms with Gasteiger partial charge in [0.1, 0.15) is 11.6 Å². The molecule has 0 saturated carbocycles. The largest absolute Gasteiger partial charge is 0.271 e. The number of rotatable bonds is 4. The fourth-order valence-corrected chi connectivity index (χ4v) is 2.20. The van der Waals surface area contributed by atoms with Crippen molar-refractivity contribution < 1.29 is 8.78 Å². The third kappa shape index (κ3) is 3.36. The van der Waals surface area contributed by atoms with Crippen LogP contribution in [0, 0.1) is 18.6 Å². The van der Waals surface area contributed by atoms with Crippen LogP contribution in [0.4, 0.5) is 8.78 Å². The van der Waals surface area contributed by atoms with Gasteiger partial charge in [-0.3, -0.25) is 11.3 Å². The Morgan fingerprint density at radius 3 is 2.32 bits per heavy atom. The smallest absolute Gasteiger partial charge is 0.126 e. The molecular formula is C15H16F2N2. The third-order valence-corrected chi connectivity index (χ3v) is 3.13. The molecule has 1 atom stereocenters. The van der Waals surface area contributed by atoms with E-state index >= 15 is 0 Å². The third-order valence-electron chi connectivity index (χ3n) is 3.13. The lowest BCUT2D eigenvalue weighted by Gasteiger charge is -2.18. The van der Waals surface area contributed by atoms with Crippen LogP contribution in [0.15, 0.2) is 42.5 Å². The van der Waals surface area contributed by atoms with Gasteiger partial charge in [0.25, 0.3) is 0 Å². The summed E-state index contributed by atoms with van der Waals surface area (Å²) in [7, 11) is 0. The monoisotopic (exact) mass is 262 g/mol. The quantitative estimate of drug-likeness (QED) is 0.656. The Labute approximate surface area is 111 Å². The fraction of sp³-hybridized carbons (Fsp3) is 0.200. The summed E-state index contributed by atoms with van der Waals surface area (Å²) in [6, 6.07) is 11.1. The van der Waals surface area contributed by atoms with E-state index in [0.29, 0.717) is 12.0 Å². The van der Waals surface area contributed by atoms with Gasteiger partial charge in [0.05, 0.1) is 6.04 Å². The van der Waals surface area contributed by atoms with Gasteiger partial charge < -0.3 is 0 Å². The van der Waals surface area contributed by atoms with E-state index in [1.165, 1.54) is 12.1 Å². The maximum absolute atomic E-state index is 13.2. The molecule has 0 saturated heterocycles. The molecule has 2 aromatic carbocycles. The molecule has 0 bridgehead atoms. The molecule has 0 fully saturated rings. The van der Waals surface area contributed by atoms with Gasteiger partial charge in [-0.2, -0.15) is 0 Å². The number of halogens is 2. The van der Waals surface area contributed by atoms with E-state index in [1.54, 1.807) is 0 Å². The molecule has 1 unspecified atom stereocenters. The summed E-state index contributed by atoms with van der Waals surface area (Å²) in [5.74, 6) is 4.41. The average molecular weight is 262 g/mol. The van der Waals surface area contributed by atoms with Crippen molar-refractivity contribution in [1.82, 2.24) is 5.43 Å². The van der Waals surface area contributed by atoms with Crippen LogP contribution >= 0.6 is 0 Å². The molecule has 0 amide bonds. The summed E-state index contributed by atoms with van der Waals surface area (Å²) in [5.41, 5.74) is 5.38. The Kier molecular flexibility index (Phi) is 4.24. The normalized spacial score (nSPS) is 12.4. The van der Waals surface area contributed by atoms with Gasteiger partial charge in [-0.05, 0) is 42.2 Å². The van der Waals surface area contributed by atoms with Crippen LogP contribution < -0.4 is 11.3 Å². The van der Waals surface area contributed by atoms with E-state index in [2.05, 4.69) is 5.43 Å². The average Bonchev–Trinajstić information content (AvgIpc) is 2.36. The van der Waals surface area contributed by atoms with E-state index in [0.717, 1.165) is 17.2 Å². The summed E-state index contributed by atoms with van der Waals surface area (Å²) < 4.78 is 26.3. The molecule has 19 heavy (non-hydrogen) atoms. The van der Waals surface area contributed by atoms with Crippen LogP contribution in [-0.4, -0.2) is 0 Å². The molecule has 2 aromatic rings. The van der Waals surface area contributed by atoms with E-state index in [4.69, 9.17) is 5.84 Å². The van der Waals surface area contributed by atoms with Gasteiger partial charge in [-0.25, -0.2) is 8.78 Å². The highest BCUT2D eigenvalue weighted by Crippen LogP contribution is 2.21. The highest BCUT2D eigenvalue weighted by atomic mass is 19.1. The van der Waals surface area contributed by atoms with E-state index < -0.39 is 11.6 Å². The number of hydrogen-bond acceptors (Lipinski definition) is 2. The Morgan fingerprint density at radius 1 is 1.11 bits per heavy atom. The Bertz CT molecular complexity index is 550. The molecule has 0 spiro atoms. The first-order chi connectivity index (χ1) is 9.10. The van der Waals surface area contributed by atoms with E-state index in [9.17, 15) is 8.78 Å². The zero-order valence-electron chi connectivity index (χ0n) is 10.7. The van der Waals surface area contributed by atoms with Gasteiger partial charge in [-0.15, -0.1) is 0 Å². The van der Waals surface area contributed by atoms with Crippen molar-refractivity contribution in [2.45, 2.75) is 19.4 Å². The molecule has 0 radical (unpaired) electrons. The standard InChI is InChI=1S/C15H16F2N2/c1-10-4-2-3-5-14(10)15(19-18)8-11-6-12(16)9-13(17)7-11/h2-7,9,15,19H,8,18H2,1H3. The lowest BCUT2D eigenvalue weighted by Crippen LogP contribution is -2.30. The maximum atomic E-state index is 13.2. The number of hydrazine groups is 1. The van der Waals surface area contributed by atoms with Gasteiger partial charge in [0.2, 0.25) is 0 Å². The molecule has 4 heteroatoms. The van der Waals surface area contributed by atoms with Crippen molar-refractivity contribution >= 4 is 0 Å². The summed E-state index contributed by atoms with van der Waals surface area (Å²) >= 11 is 0. The first-order valence-electron chi connectivity index (χ1n) is 6.07. The minimum Gasteiger partial charge on any atom is -0.271 e. The zero-order valence-corrected chi connectivity index (χ0v) is 10.7. The molecule has 2 nitrogen and oxygen atoms in total. The van der Waals surface area contributed by atoms with Crippen molar-refractivity contribution in [2.24, 2.45) is 5.84 Å². The Morgan fingerprint density at radius 2 is 1.74 bits per heavy atom. The van der Waals surface area contributed by atoms with Crippen LogP contribution in [0.2, 0.25) is 0 Å². The molecule has 3 N–H and O–H groups in total. The highest BCUT2D eigenvalue weighted by molar-refractivity contribution is 5.30. The zero-order chi connectivity index (χ0) is 13.8. The second kappa shape index (κ2) is 5.91.